The summed E-state index contributed by atoms with van der Waals surface area (Å²) in [6.45, 7) is 0. The van der Waals surface area contributed by atoms with E-state index in [1.165, 1.54) is 13.1 Å². The number of anilines is 1. The fourth-order valence-corrected chi connectivity index (χ4v) is 1.33. The number of nitrogens with one attached hydrogen (secondary N) is 2. The Balaban J connectivity index is 3.04. The Kier molecular flexibility index (Phi) is 3.79. The van der Waals surface area contributed by atoms with Crippen molar-refractivity contribution in [1.29, 1.82) is 0 Å². The lowest BCUT2D eigenvalue weighted by molar-refractivity contribution is -0.137. The second-order valence-electron chi connectivity index (χ2n) is 2.90. The van der Waals surface area contributed by atoms with Crippen LogP contribution in [0.25, 0.3) is 0 Å². The van der Waals surface area contributed by atoms with Gasteiger partial charge in [-0.2, -0.15) is 13.2 Å². The Morgan fingerprint density at radius 3 is 2.50 bits per heavy atom. The molecule has 0 fully saturated rings. The number of urea groups is 1. The second kappa shape index (κ2) is 4.73. The van der Waals surface area contributed by atoms with Crippen LogP contribution >= 0.6 is 15.9 Å². The number of carbonyl (C=O) groups is 1. The third-order valence-electron chi connectivity index (χ3n) is 1.77. The average Bonchev–Trinajstić information content (AvgIpc) is 2.19. The molecular weight excluding hydrogens is 289 g/mol. The Bertz CT molecular complexity index is 406. The minimum atomic E-state index is -4.43. The van der Waals surface area contributed by atoms with Crippen molar-refractivity contribution in [3.05, 3.63) is 28.2 Å². The van der Waals surface area contributed by atoms with Gasteiger partial charge in [-0.25, -0.2) is 4.79 Å². The van der Waals surface area contributed by atoms with Crippen molar-refractivity contribution >= 4 is 27.6 Å². The summed E-state index contributed by atoms with van der Waals surface area (Å²) in [6.07, 6.45) is -4.43. The monoisotopic (exact) mass is 296 g/mol. The minimum absolute atomic E-state index is 0.0641. The Labute approximate surface area is 98.2 Å². The van der Waals surface area contributed by atoms with Crippen LogP contribution < -0.4 is 10.6 Å². The fourth-order valence-electron chi connectivity index (χ4n) is 0.982. The van der Waals surface area contributed by atoms with Gasteiger partial charge in [0.05, 0.1) is 11.3 Å². The maximum Gasteiger partial charge on any atom is 0.416 e. The highest BCUT2D eigenvalue weighted by Crippen LogP contribution is 2.33. The summed E-state index contributed by atoms with van der Waals surface area (Å²) in [7, 11) is 1.37. The number of alkyl halides is 3. The number of rotatable bonds is 1. The second-order valence-corrected chi connectivity index (χ2v) is 3.75. The lowest BCUT2D eigenvalue weighted by atomic mass is 10.2. The highest BCUT2D eigenvalue weighted by molar-refractivity contribution is 9.10. The number of benzene rings is 1. The number of amides is 2. The van der Waals surface area contributed by atoms with Crippen LogP contribution in [0.15, 0.2) is 22.7 Å². The molecule has 0 saturated carbocycles. The van der Waals surface area contributed by atoms with Crippen molar-refractivity contribution in [2.45, 2.75) is 6.18 Å². The molecule has 0 radical (unpaired) electrons. The molecule has 3 nitrogen and oxygen atoms in total. The van der Waals surface area contributed by atoms with Crippen LogP contribution in [0, 0.1) is 0 Å². The largest absolute Gasteiger partial charge is 0.416 e. The van der Waals surface area contributed by atoms with Gasteiger partial charge in [0.2, 0.25) is 0 Å². The molecule has 0 atom stereocenters. The van der Waals surface area contributed by atoms with Crippen molar-refractivity contribution in [1.82, 2.24) is 5.32 Å². The number of carbonyl (C=O) groups excluding carboxylic acids is 1. The first-order valence-corrected chi connectivity index (χ1v) is 4.99. The van der Waals surface area contributed by atoms with E-state index in [-0.39, 0.29) is 5.69 Å². The van der Waals surface area contributed by atoms with Gasteiger partial charge in [0.1, 0.15) is 0 Å². The van der Waals surface area contributed by atoms with E-state index >= 15 is 0 Å². The summed E-state index contributed by atoms with van der Waals surface area (Å²) in [6, 6.07) is 2.44. The van der Waals surface area contributed by atoms with Crippen LogP contribution in [0.4, 0.5) is 23.7 Å². The highest BCUT2D eigenvalue weighted by atomic mass is 79.9. The van der Waals surface area contributed by atoms with Gasteiger partial charge in [-0.05, 0) is 34.1 Å². The average molecular weight is 297 g/mol. The van der Waals surface area contributed by atoms with E-state index in [0.29, 0.717) is 4.47 Å². The minimum Gasteiger partial charge on any atom is -0.341 e. The number of hydrogen-bond donors (Lipinski definition) is 2. The molecule has 1 aromatic carbocycles. The molecule has 0 bridgehead atoms. The maximum atomic E-state index is 12.4. The SMILES string of the molecule is CNC(=O)Nc1cc(C(F)(F)F)ccc1Br. The summed E-state index contributed by atoms with van der Waals surface area (Å²) in [5.74, 6) is 0. The van der Waals surface area contributed by atoms with Gasteiger partial charge >= 0.3 is 12.2 Å². The molecule has 1 aromatic rings. The molecule has 0 unspecified atom stereocenters. The Hall–Kier alpha value is -1.24. The smallest absolute Gasteiger partial charge is 0.341 e. The molecule has 88 valence electrons. The van der Waals surface area contributed by atoms with E-state index in [0.717, 1.165) is 12.1 Å². The van der Waals surface area contributed by atoms with E-state index in [2.05, 4.69) is 26.6 Å². The third-order valence-corrected chi connectivity index (χ3v) is 2.46. The summed E-state index contributed by atoms with van der Waals surface area (Å²) < 4.78 is 37.5. The van der Waals surface area contributed by atoms with E-state index in [1.807, 2.05) is 0 Å². The van der Waals surface area contributed by atoms with Crippen molar-refractivity contribution in [2.24, 2.45) is 0 Å². The van der Waals surface area contributed by atoms with Crippen LogP contribution in [0.1, 0.15) is 5.56 Å². The van der Waals surface area contributed by atoms with Gasteiger partial charge in [0.25, 0.3) is 0 Å². The lowest BCUT2D eigenvalue weighted by Crippen LogP contribution is -2.24. The molecule has 2 N–H and O–H groups in total. The van der Waals surface area contributed by atoms with Gasteiger partial charge < -0.3 is 10.6 Å². The van der Waals surface area contributed by atoms with Gasteiger partial charge in [0, 0.05) is 11.5 Å². The van der Waals surface area contributed by atoms with Crippen molar-refractivity contribution in [3.8, 4) is 0 Å². The van der Waals surface area contributed by atoms with Crippen LogP contribution in [-0.4, -0.2) is 13.1 Å². The van der Waals surface area contributed by atoms with Crippen LogP contribution in [-0.2, 0) is 6.18 Å². The molecule has 16 heavy (non-hydrogen) atoms. The molecule has 0 saturated heterocycles. The molecular formula is C9H8BrF3N2O. The molecule has 7 heteroatoms. The van der Waals surface area contributed by atoms with Gasteiger partial charge in [-0.3, -0.25) is 0 Å². The van der Waals surface area contributed by atoms with Gasteiger partial charge in [-0.15, -0.1) is 0 Å². The molecule has 0 aliphatic rings. The summed E-state index contributed by atoms with van der Waals surface area (Å²) in [4.78, 5) is 11.0. The summed E-state index contributed by atoms with van der Waals surface area (Å²) in [5, 5.41) is 4.52. The van der Waals surface area contributed by atoms with E-state index in [9.17, 15) is 18.0 Å². The molecule has 0 aliphatic carbocycles. The zero-order chi connectivity index (χ0) is 12.3. The van der Waals surface area contributed by atoms with Crippen LogP contribution in [0.2, 0.25) is 0 Å². The molecule has 2 amide bonds. The zero-order valence-electron chi connectivity index (χ0n) is 8.15. The van der Waals surface area contributed by atoms with E-state index < -0.39 is 17.8 Å². The maximum absolute atomic E-state index is 12.4. The number of halogens is 4. The normalized spacial score (nSPS) is 11.1. The van der Waals surface area contributed by atoms with Gasteiger partial charge in [-0.1, -0.05) is 0 Å². The van der Waals surface area contributed by atoms with Gasteiger partial charge in [0.15, 0.2) is 0 Å². The first-order valence-electron chi connectivity index (χ1n) is 4.20. The quantitative estimate of drug-likeness (QED) is 0.821. The summed E-state index contributed by atoms with van der Waals surface area (Å²) >= 11 is 3.05. The predicted octanol–water partition coefficient (Wildman–Crippen LogP) is 3.22. The predicted molar refractivity (Wildman–Crippen MR) is 57.2 cm³/mol. The first kappa shape index (κ1) is 12.8. The van der Waals surface area contributed by atoms with Crippen LogP contribution in [0.3, 0.4) is 0 Å². The van der Waals surface area contributed by atoms with Crippen molar-refractivity contribution in [2.75, 3.05) is 12.4 Å². The first-order chi connectivity index (χ1) is 7.34. The molecule has 0 spiro atoms. The molecule has 0 aliphatic heterocycles. The molecule has 0 aromatic heterocycles. The third kappa shape index (κ3) is 3.13. The van der Waals surface area contributed by atoms with Crippen molar-refractivity contribution in [3.63, 3.8) is 0 Å². The molecule has 1 rings (SSSR count). The van der Waals surface area contributed by atoms with E-state index in [1.54, 1.807) is 0 Å². The Morgan fingerprint density at radius 2 is 2.00 bits per heavy atom. The standard InChI is InChI=1S/C9H8BrF3N2O/c1-14-8(16)15-7-4-5(9(11,12)13)2-3-6(7)10/h2-4H,1H3,(H2,14,15,16). The Morgan fingerprint density at radius 1 is 1.38 bits per heavy atom. The number of hydrogen-bond acceptors (Lipinski definition) is 1. The fraction of sp³-hybridized carbons (Fsp3) is 0.222. The van der Waals surface area contributed by atoms with Crippen LogP contribution in [0.5, 0.6) is 0 Å². The molecule has 0 heterocycles. The highest BCUT2D eigenvalue weighted by Gasteiger charge is 2.31. The topological polar surface area (TPSA) is 41.1 Å². The lowest BCUT2D eigenvalue weighted by Gasteiger charge is -2.11. The van der Waals surface area contributed by atoms with Crippen molar-refractivity contribution < 1.29 is 18.0 Å². The summed E-state index contributed by atoms with van der Waals surface area (Å²) in [5.41, 5.74) is -0.753. The zero-order valence-corrected chi connectivity index (χ0v) is 9.74. The van der Waals surface area contributed by atoms with E-state index in [4.69, 9.17) is 0 Å².